The molecule has 5 rings (SSSR count). The Morgan fingerprint density at radius 1 is 1.02 bits per heavy atom. The lowest BCUT2D eigenvalue weighted by atomic mass is 10.00. The second-order valence-electron chi connectivity index (χ2n) is 13.0. The van der Waals surface area contributed by atoms with Crippen LogP contribution in [0.1, 0.15) is 65.0 Å². The molecule has 236 valence electrons. The number of carbonyl (C=O) groups is 4. The molecule has 5 atom stereocenters. The number of likely N-dealkylation sites (N-methyl/N-ethyl adjacent to an activating group) is 1. The van der Waals surface area contributed by atoms with Crippen LogP contribution in [0.25, 0.3) is 0 Å². The normalized spacial score (nSPS) is 26.9. The van der Waals surface area contributed by atoms with Gasteiger partial charge in [-0.15, -0.1) is 0 Å². The zero-order chi connectivity index (χ0) is 30.9. The second kappa shape index (κ2) is 12.7. The van der Waals surface area contributed by atoms with Gasteiger partial charge in [0, 0.05) is 38.2 Å². The van der Waals surface area contributed by atoms with E-state index >= 15 is 0 Å². The van der Waals surface area contributed by atoms with E-state index in [0.29, 0.717) is 45.6 Å². The SMILES string of the molecule is C[C@@H](C(=O)N[C@H]1CN(C2COC2)CC[C@H]2CC[C@@H](C(=O)N[C@@H]3CCOc4ccccc43)N2C1=O)N(C)C(=O)OC(C)(C)C. The highest BCUT2D eigenvalue weighted by Gasteiger charge is 2.46. The van der Waals surface area contributed by atoms with Gasteiger partial charge in [-0.25, -0.2) is 4.79 Å². The topological polar surface area (TPSA) is 130 Å². The Labute approximate surface area is 253 Å². The zero-order valence-corrected chi connectivity index (χ0v) is 25.8. The summed E-state index contributed by atoms with van der Waals surface area (Å²) in [6.45, 7) is 9.57. The van der Waals surface area contributed by atoms with Crippen LogP contribution >= 0.6 is 0 Å². The second-order valence-corrected chi connectivity index (χ2v) is 13.0. The lowest BCUT2D eigenvalue weighted by molar-refractivity contribution is -0.147. The zero-order valence-electron chi connectivity index (χ0n) is 25.8. The van der Waals surface area contributed by atoms with E-state index in [-0.39, 0.29) is 29.9 Å². The summed E-state index contributed by atoms with van der Waals surface area (Å²) < 4.78 is 16.6. The van der Waals surface area contributed by atoms with E-state index in [1.54, 1.807) is 32.6 Å². The number of hydrogen-bond donors (Lipinski definition) is 2. The summed E-state index contributed by atoms with van der Waals surface area (Å²) in [4.78, 5) is 59.2. The Hall–Kier alpha value is -3.38. The number of nitrogens with zero attached hydrogens (tertiary/aromatic N) is 3. The van der Waals surface area contributed by atoms with Gasteiger partial charge in [-0.05, 0) is 53.0 Å². The molecule has 2 N–H and O–H groups in total. The summed E-state index contributed by atoms with van der Waals surface area (Å²) in [5.74, 6) is -0.169. The molecular weight excluding hydrogens is 554 g/mol. The maximum absolute atomic E-state index is 14.3. The first-order valence-electron chi connectivity index (χ1n) is 15.3. The van der Waals surface area contributed by atoms with Gasteiger partial charge in [-0.1, -0.05) is 18.2 Å². The summed E-state index contributed by atoms with van der Waals surface area (Å²) >= 11 is 0. The fraction of sp³-hybridized carbons (Fsp3) is 0.677. The molecule has 0 bridgehead atoms. The third kappa shape index (κ3) is 6.90. The Morgan fingerprint density at radius 2 is 1.77 bits per heavy atom. The molecule has 1 aromatic rings. The van der Waals surface area contributed by atoms with Gasteiger partial charge in [0.1, 0.15) is 29.5 Å². The van der Waals surface area contributed by atoms with Crippen LogP contribution in [0.3, 0.4) is 0 Å². The van der Waals surface area contributed by atoms with E-state index in [9.17, 15) is 19.2 Å². The monoisotopic (exact) mass is 599 g/mol. The van der Waals surface area contributed by atoms with E-state index in [0.717, 1.165) is 24.3 Å². The van der Waals surface area contributed by atoms with E-state index in [1.807, 2.05) is 24.3 Å². The number of benzene rings is 1. The van der Waals surface area contributed by atoms with Crippen LogP contribution < -0.4 is 15.4 Å². The standard InChI is InChI=1S/C31H45N5O7/c1-19(34(5)30(40)43-31(2,3)4)27(37)33-24-16-35(21-17-41-18-21)14-12-20-10-11-25(36(20)29(24)39)28(38)32-23-13-15-42-26-9-7-6-8-22(23)26/h6-9,19-21,23-25H,10-18H2,1-5H3,(H,32,38)(H,33,37)/t19-,20+,23+,24-,25-/m0/s1. The van der Waals surface area contributed by atoms with Crippen molar-refractivity contribution < 1.29 is 33.4 Å². The molecule has 1 aromatic carbocycles. The van der Waals surface area contributed by atoms with Crippen LogP contribution in [0.15, 0.2) is 24.3 Å². The number of fused-ring (bicyclic) bond motifs is 2. The minimum atomic E-state index is -0.886. The first-order valence-corrected chi connectivity index (χ1v) is 15.3. The lowest BCUT2D eigenvalue weighted by Crippen LogP contribution is -2.64. The van der Waals surface area contributed by atoms with Crippen LogP contribution in [-0.2, 0) is 23.9 Å². The van der Waals surface area contributed by atoms with Gasteiger partial charge in [-0.3, -0.25) is 24.2 Å². The summed E-state index contributed by atoms with van der Waals surface area (Å²) in [5, 5.41) is 6.11. The molecule has 0 radical (unpaired) electrons. The number of para-hydroxylation sites is 1. The highest BCUT2D eigenvalue weighted by molar-refractivity contribution is 5.94. The van der Waals surface area contributed by atoms with Crippen molar-refractivity contribution in [3.63, 3.8) is 0 Å². The van der Waals surface area contributed by atoms with Gasteiger partial charge in [0.25, 0.3) is 0 Å². The van der Waals surface area contributed by atoms with Gasteiger partial charge in [-0.2, -0.15) is 0 Å². The number of amides is 4. The van der Waals surface area contributed by atoms with E-state index < -0.39 is 35.7 Å². The first-order chi connectivity index (χ1) is 20.4. The van der Waals surface area contributed by atoms with E-state index in [1.165, 1.54) is 11.9 Å². The van der Waals surface area contributed by atoms with Crippen LogP contribution in [0.2, 0.25) is 0 Å². The third-order valence-corrected chi connectivity index (χ3v) is 8.89. The Balaban J connectivity index is 1.32. The maximum atomic E-state index is 14.3. The molecule has 0 saturated carbocycles. The van der Waals surface area contributed by atoms with Crippen LogP contribution in [0.5, 0.6) is 5.75 Å². The fourth-order valence-electron chi connectivity index (χ4n) is 6.25. The minimum Gasteiger partial charge on any atom is -0.493 e. The highest BCUT2D eigenvalue weighted by Crippen LogP contribution is 2.34. The van der Waals surface area contributed by atoms with E-state index in [4.69, 9.17) is 14.2 Å². The maximum Gasteiger partial charge on any atom is 0.410 e. The Morgan fingerprint density at radius 3 is 2.47 bits per heavy atom. The molecule has 4 heterocycles. The van der Waals surface area contributed by atoms with Crippen molar-refractivity contribution in [2.75, 3.05) is 40.0 Å². The third-order valence-electron chi connectivity index (χ3n) is 8.89. The molecule has 0 unspecified atom stereocenters. The van der Waals surface area contributed by atoms with E-state index in [2.05, 4.69) is 15.5 Å². The number of ether oxygens (including phenoxy) is 3. The number of hydrogen-bond acceptors (Lipinski definition) is 8. The largest absolute Gasteiger partial charge is 0.493 e. The molecule has 43 heavy (non-hydrogen) atoms. The lowest BCUT2D eigenvalue weighted by Gasteiger charge is -2.43. The van der Waals surface area contributed by atoms with Crippen molar-refractivity contribution in [1.82, 2.24) is 25.3 Å². The Kier molecular flexibility index (Phi) is 9.17. The van der Waals surface area contributed by atoms with Gasteiger partial charge in [0.2, 0.25) is 17.7 Å². The molecule has 4 aliphatic heterocycles. The molecule has 0 aromatic heterocycles. The number of carbonyl (C=O) groups excluding carboxylic acids is 4. The molecule has 12 nitrogen and oxygen atoms in total. The minimum absolute atomic E-state index is 0.115. The predicted octanol–water partition coefficient (Wildman–Crippen LogP) is 1.83. The summed E-state index contributed by atoms with van der Waals surface area (Å²) in [6.07, 6.45) is 2.02. The fourth-order valence-corrected chi connectivity index (χ4v) is 6.25. The molecule has 3 fully saturated rings. The summed E-state index contributed by atoms with van der Waals surface area (Å²) in [7, 11) is 1.50. The van der Waals surface area contributed by atoms with Crippen LogP contribution in [0.4, 0.5) is 4.79 Å². The average molecular weight is 600 g/mol. The summed E-state index contributed by atoms with van der Waals surface area (Å²) in [6, 6.07) is 5.15. The predicted molar refractivity (Wildman–Crippen MR) is 157 cm³/mol. The smallest absolute Gasteiger partial charge is 0.410 e. The molecule has 3 saturated heterocycles. The summed E-state index contributed by atoms with van der Waals surface area (Å²) in [5.41, 5.74) is 0.220. The highest BCUT2D eigenvalue weighted by atomic mass is 16.6. The quantitative estimate of drug-likeness (QED) is 0.507. The molecule has 4 amide bonds. The number of nitrogens with one attached hydrogen (secondary N) is 2. The molecule has 4 aliphatic rings. The van der Waals surface area contributed by atoms with Crippen molar-refractivity contribution >= 4 is 23.8 Å². The van der Waals surface area contributed by atoms with Crippen molar-refractivity contribution in [1.29, 1.82) is 0 Å². The van der Waals surface area contributed by atoms with Gasteiger partial charge < -0.3 is 29.7 Å². The van der Waals surface area contributed by atoms with Gasteiger partial charge >= 0.3 is 6.09 Å². The van der Waals surface area contributed by atoms with Crippen LogP contribution in [0, 0.1) is 0 Å². The number of rotatable bonds is 6. The van der Waals surface area contributed by atoms with Crippen molar-refractivity contribution in [2.45, 2.75) is 95.2 Å². The molecule has 0 aliphatic carbocycles. The van der Waals surface area contributed by atoms with Gasteiger partial charge in [0.15, 0.2) is 0 Å². The van der Waals surface area contributed by atoms with Gasteiger partial charge in [0.05, 0.1) is 31.9 Å². The Bertz CT molecular complexity index is 1220. The first kappa shape index (κ1) is 31.1. The molecule has 12 heteroatoms. The van der Waals surface area contributed by atoms with Crippen molar-refractivity contribution in [3.05, 3.63) is 29.8 Å². The molecular formula is C31H45N5O7. The molecule has 0 spiro atoms. The average Bonchev–Trinajstić information content (AvgIpc) is 3.35. The van der Waals surface area contributed by atoms with Crippen LogP contribution in [-0.4, -0.2) is 114 Å². The van der Waals surface area contributed by atoms with Crippen molar-refractivity contribution in [2.24, 2.45) is 0 Å². The van der Waals surface area contributed by atoms with Crippen molar-refractivity contribution in [3.8, 4) is 5.75 Å².